The van der Waals surface area contributed by atoms with Crippen molar-refractivity contribution in [1.29, 1.82) is 0 Å². The van der Waals surface area contributed by atoms with Crippen molar-refractivity contribution in [2.75, 3.05) is 12.4 Å². The van der Waals surface area contributed by atoms with E-state index in [-0.39, 0.29) is 6.03 Å². The number of para-hydroxylation sites is 2. The number of methoxy groups -OCH3 is 1. The maximum atomic E-state index is 12.0. The highest BCUT2D eigenvalue weighted by molar-refractivity contribution is 5.90. The molecule has 6 nitrogen and oxygen atoms in total. The van der Waals surface area contributed by atoms with E-state index in [0.29, 0.717) is 18.0 Å². The minimum absolute atomic E-state index is 0.279. The molecule has 0 aliphatic heterocycles. The van der Waals surface area contributed by atoms with Crippen molar-refractivity contribution in [3.05, 3.63) is 72.8 Å². The number of hydrogen-bond donors (Lipinski definition) is 2. The highest BCUT2D eigenvalue weighted by Gasteiger charge is 2.06. The number of urea groups is 1. The number of anilines is 1. The van der Waals surface area contributed by atoms with E-state index in [9.17, 15) is 4.79 Å². The Balaban J connectivity index is 1.56. The van der Waals surface area contributed by atoms with Crippen molar-refractivity contribution in [1.82, 2.24) is 14.9 Å². The van der Waals surface area contributed by atoms with Crippen LogP contribution in [0.4, 0.5) is 10.5 Å². The molecule has 122 valence electrons. The largest absolute Gasteiger partial charge is 0.495 e. The molecule has 2 N–H and O–H groups in total. The molecule has 0 bridgehead atoms. The highest BCUT2D eigenvalue weighted by Crippen LogP contribution is 2.22. The highest BCUT2D eigenvalue weighted by atomic mass is 16.5. The molecule has 0 aliphatic rings. The molecular formula is C18H18N4O2. The third kappa shape index (κ3) is 3.73. The van der Waals surface area contributed by atoms with Gasteiger partial charge < -0.3 is 19.9 Å². The normalized spacial score (nSPS) is 10.2. The van der Waals surface area contributed by atoms with E-state index in [2.05, 4.69) is 15.6 Å². The molecule has 0 aliphatic carbocycles. The lowest BCUT2D eigenvalue weighted by atomic mass is 10.2. The number of ether oxygens (including phenoxy) is 1. The van der Waals surface area contributed by atoms with Gasteiger partial charge in [-0.2, -0.15) is 0 Å². The summed E-state index contributed by atoms with van der Waals surface area (Å²) in [6.07, 6.45) is 5.36. The number of nitrogens with zero attached hydrogens (tertiary/aromatic N) is 2. The number of nitrogens with one attached hydrogen (secondary N) is 2. The van der Waals surface area contributed by atoms with Gasteiger partial charge in [0.1, 0.15) is 5.75 Å². The monoisotopic (exact) mass is 322 g/mol. The lowest BCUT2D eigenvalue weighted by Crippen LogP contribution is -2.28. The van der Waals surface area contributed by atoms with Gasteiger partial charge in [-0.1, -0.05) is 24.3 Å². The number of carbonyl (C=O) groups excluding carboxylic acids is 1. The van der Waals surface area contributed by atoms with Gasteiger partial charge in [0.05, 0.1) is 19.1 Å². The lowest BCUT2D eigenvalue weighted by Gasteiger charge is -2.11. The van der Waals surface area contributed by atoms with Crippen molar-refractivity contribution < 1.29 is 9.53 Å². The van der Waals surface area contributed by atoms with Crippen molar-refractivity contribution in [2.24, 2.45) is 0 Å². The first-order valence-electron chi connectivity index (χ1n) is 7.51. The zero-order chi connectivity index (χ0) is 16.8. The maximum Gasteiger partial charge on any atom is 0.319 e. The molecule has 3 aromatic rings. The number of aromatic nitrogens is 2. The molecule has 0 saturated carbocycles. The number of hydrogen-bond acceptors (Lipinski definition) is 3. The van der Waals surface area contributed by atoms with Gasteiger partial charge >= 0.3 is 6.03 Å². The van der Waals surface area contributed by atoms with Gasteiger partial charge in [-0.05, 0) is 29.8 Å². The molecule has 24 heavy (non-hydrogen) atoms. The van der Waals surface area contributed by atoms with Gasteiger partial charge in [0.25, 0.3) is 0 Å². The molecule has 0 unspecified atom stereocenters. The Hall–Kier alpha value is -3.28. The van der Waals surface area contributed by atoms with Crippen LogP contribution in [0.25, 0.3) is 5.69 Å². The van der Waals surface area contributed by atoms with Crippen molar-refractivity contribution >= 4 is 11.7 Å². The molecule has 0 saturated heterocycles. The zero-order valence-electron chi connectivity index (χ0n) is 13.3. The summed E-state index contributed by atoms with van der Waals surface area (Å²) in [6, 6.07) is 14.9. The Kier molecular flexibility index (Phi) is 4.76. The summed E-state index contributed by atoms with van der Waals surface area (Å²) in [7, 11) is 1.57. The first kappa shape index (κ1) is 15.6. The van der Waals surface area contributed by atoms with Gasteiger partial charge in [-0.3, -0.25) is 0 Å². The van der Waals surface area contributed by atoms with Gasteiger partial charge in [0, 0.05) is 24.6 Å². The predicted molar refractivity (Wildman–Crippen MR) is 92.4 cm³/mol. The SMILES string of the molecule is COc1ccccc1NC(=O)NCc1ccc(-n2ccnc2)cc1. The van der Waals surface area contributed by atoms with Crippen LogP contribution in [0.1, 0.15) is 5.56 Å². The van der Waals surface area contributed by atoms with Crippen LogP contribution in [0.15, 0.2) is 67.3 Å². The second-order valence-electron chi connectivity index (χ2n) is 5.14. The Morgan fingerprint density at radius 1 is 1.17 bits per heavy atom. The Labute approximate surface area is 140 Å². The molecule has 0 spiro atoms. The van der Waals surface area contributed by atoms with Crippen LogP contribution in [-0.4, -0.2) is 22.7 Å². The third-order valence-corrected chi connectivity index (χ3v) is 3.55. The minimum atomic E-state index is -0.279. The van der Waals surface area contributed by atoms with Crippen LogP contribution in [0.5, 0.6) is 5.75 Å². The van der Waals surface area contributed by atoms with E-state index in [1.165, 1.54) is 0 Å². The summed E-state index contributed by atoms with van der Waals surface area (Å²) < 4.78 is 7.13. The second kappa shape index (κ2) is 7.32. The Morgan fingerprint density at radius 2 is 1.96 bits per heavy atom. The molecule has 2 amide bonds. The quantitative estimate of drug-likeness (QED) is 0.758. The summed E-state index contributed by atoms with van der Waals surface area (Å²) in [4.78, 5) is 16.0. The van der Waals surface area contributed by atoms with Crippen molar-refractivity contribution in [3.8, 4) is 11.4 Å². The topological polar surface area (TPSA) is 68.2 Å². The number of imidazole rings is 1. The summed E-state index contributed by atoms with van der Waals surface area (Å²) in [5, 5.41) is 5.61. The number of rotatable bonds is 5. The van der Waals surface area contributed by atoms with Gasteiger partial charge in [-0.15, -0.1) is 0 Å². The molecule has 1 heterocycles. The average molecular weight is 322 g/mol. The maximum absolute atomic E-state index is 12.0. The van der Waals surface area contributed by atoms with E-state index in [1.807, 2.05) is 47.2 Å². The van der Waals surface area contributed by atoms with E-state index >= 15 is 0 Å². The van der Waals surface area contributed by atoms with Gasteiger partial charge in [-0.25, -0.2) is 9.78 Å². The first-order valence-corrected chi connectivity index (χ1v) is 7.51. The van der Waals surface area contributed by atoms with Crippen LogP contribution < -0.4 is 15.4 Å². The molecule has 6 heteroatoms. The van der Waals surface area contributed by atoms with Crippen LogP contribution in [0, 0.1) is 0 Å². The fourth-order valence-electron chi connectivity index (χ4n) is 2.29. The summed E-state index contributed by atoms with van der Waals surface area (Å²) >= 11 is 0. The molecule has 0 fully saturated rings. The Morgan fingerprint density at radius 3 is 2.67 bits per heavy atom. The summed E-state index contributed by atoms with van der Waals surface area (Å²) in [5.41, 5.74) is 2.66. The van der Waals surface area contributed by atoms with Crippen molar-refractivity contribution in [2.45, 2.75) is 6.54 Å². The smallest absolute Gasteiger partial charge is 0.319 e. The summed E-state index contributed by atoms with van der Waals surface area (Å²) in [6.45, 7) is 0.436. The third-order valence-electron chi connectivity index (χ3n) is 3.55. The van der Waals surface area contributed by atoms with Gasteiger partial charge in [0.15, 0.2) is 0 Å². The first-order chi connectivity index (χ1) is 11.8. The molecule has 0 atom stereocenters. The van der Waals surface area contributed by atoms with Crippen LogP contribution in [-0.2, 0) is 6.54 Å². The molecular weight excluding hydrogens is 304 g/mol. The predicted octanol–water partition coefficient (Wildman–Crippen LogP) is 3.20. The standard InChI is InChI=1S/C18H18N4O2/c1-24-17-5-3-2-4-16(17)21-18(23)20-12-14-6-8-15(9-7-14)22-11-10-19-13-22/h2-11,13H,12H2,1H3,(H2,20,21,23). The average Bonchev–Trinajstić information content (AvgIpc) is 3.15. The van der Waals surface area contributed by atoms with E-state index in [0.717, 1.165) is 11.3 Å². The molecule has 1 aromatic heterocycles. The zero-order valence-corrected chi connectivity index (χ0v) is 13.3. The minimum Gasteiger partial charge on any atom is -0.495 e. The molecule has 0 radical (unpaired) electrons. The van der Waals surface area contributed by atoms with E-state index in [1.54, 1.807) is 31.8 Å². The number of benzene rings is 2. The molecule has 3 rings (SSSR count). The van der Waals surface area contributed by atoms with Crippen LogP contribution >= 0.6 is 0 Å². The summed E-state index contributed by atoms with van der Waals surface area (Å²) in [5.74, 6) is 0.623. The number of carbonyl (C=O) groups is 1. The van der Waals surface area contributed by atoms with E-state index < -0.39 is 0 Å². The Bertz CT molecular complexity index is 798. The lowest BCUT2D eigenvalue weighted by molar-refractivity contribution is 0.251. The molecule has 2 aromatic carbocycles. The fourth-order valence-corrected chi connectivity index (χ4v) is 2.29. The number of amides is 2. The van der Waals surface area contributed by atoms with E-state index in [4.69, 9.17) is 4.74 Å². The van der Waals surface area contributed by atoms with Gasteiger partial charge in [0.2, 0.25) is 0 Å². The van der Waals surface area contributed by atoms with Crippen LogP contribution in [0.2, 0.25) is 0 Å². The fraction of sp³-hybridized carbons (Fsp3) is 0.111. The second-order valence-corrected chi connectivity index (χ2v) is 5.14. The van der Waals surface area contributed by atoms with Crippen LogP contribution in [0.3, 0.4) is 0 Å². The van der Waals surface area contributed by atoms with Crippen molar-refractivity contribution in [3.63, 3.8) is 0 Å².